The summed E-state index contributed by atoms with van der Waals surface area (Å²) >= 11 is 0. The number of rotatable bonds is 9. The summed E-state index contributed by atoms with van der Waals surface area (Å²) < 4.78 is 32.4. The molecule has 5 nitrogen and oxygen atoms in total. The highest BCUT2D eigenvalue weighted by atomic mass is 32.2. The summed E-state index contributed by atoms with van der Waals surface area (Å²) in [7, 11) is -3.50. The van der Waals surface area contributed by atoms with Crippen molar-refractivity contribution >= 4 is 15.7 Å². The zero-order valence-corrected chi connectivity index (χ0v) is 13.0. The molecule has 0 unspecified atom stereocenters. The van der Waals surface area contributed by atoms with Gasteiger partial charge in [0.15, 0.2) is 0 Å². The number of benzene rings is 1. The Morgan fingerprint density at radius 1 is 1.25 bits per heavy atom. The van der Waals surface area contributed by atoms with Crippen molar-refractivity contribution in [2.75, 3.05) is 25.5 Å². The van der Waals surface area contributed by atoms with E-state index in [1.165, 1.54) is 6.07 Å². The van der Waals surface area contributed by atoms with Gasteiger partial charge in [-0.05, 0) is 37.0 Å². The molecule has 0 aliphatic carbocycles. The summed E-state index contributed by atoms with van der Waals surface area (Å²) in [4.78, 5) is 0.273. The van der Waals surface area contributed by atoms with Crippen LogP contribution in [0, 0.1) is 0 Å². The van der Waals surface area contributed by atoms with Gasteiger partial charge in [0.05, 0.1) is 4.90 Å². The van der Waals surface area contributed by atoms with Gasteiger partial charge in [-0.3, -0.25) is 0 Å². The van der Waals surface area contributed by atoms with Gasteiger partial charge < -0.3 is 10.5 Å². The van der Waals surface area contributed by atoms with E-state index in [4.69, 9.17) is 10.5 Å². The number of nitrogens with two attached hydrogens (primary N) is 1. The molecule has 20 heavy (non-hydrogen) atoms. The van der Waals surface area contributed by atoms with Crippen LogP contribution in [0.1, 0.15) is 32.3 Å². The third-order valence-corrected chi connectivity index (χ3v) is 4.41. The second-order valence-corrected chi connectivity index (χ2v) is 6.32. The van der Waals surface area contributed by atoms with Crippen LogP contribution >= 0.6 is 0 Å². The maximum absolute atomic E-state index is 12.2. The average molecular weight is 300 g/mol. The highest BCUT2D eigenvalue weighted by Crippen LogP contribution is 2.19. The molecule has 3 N–H and O–H groups in total. The molecule has 0 spiro atoms. The minimum absolute atomic E-state index is 0.273. The van der Waals surface area contributed by atoms with E-state index in [2.05, 4.69) is 4.72 Å². The van der Waals surface area contributed by atoms with Gasteiger partial charge in [-0.15, -0.1) is 0 Å². The molecule has 0 aliphatic heterocycles. The van der Waals surface area contributed by atoms with Gasteiger partial charge in [0.2, 0.25) is 10.0 Å². The monoisotopic (exact) mass is 300 g/mol. The first-order valence-electron chi connectivity index (χ1n) is 6.97. The van der Waals surface area contributed by atoms with Crippen LogP contribution in [-0.2, 0) is 21.2 Å². The topological polar surface area (TPSA) is 81.4 Å². The van der Waals surface area contributed by atoms with E-state index in [1.807, 2.05) is 13.8 Å². The van der Waals surface area contributed by atoms with Crippen molar-refractivity contribution in [3.05, 3.63) is 23.8 Å². The van der Waals surface area contributed by atoms with Crippen molar-refractivity contribution < 1.29 is 13.2 Å². The summed E-state index contributed by atoms with van der Waals surface area (Å²) in [6.45, 7) is 5.60. The number of anilines is 1. The smallest absolute Gasteiger partial charge is 0.240 e. The van der Waals surface area contributed by atoms with Crippen LogP contribution in [0.2, 0.25) is 0 Å². The van der Waals surface area contributed by atoms with Gasteiger partial charge in [-0.1, -0.05) is 19.9 Å². The fourth-order valence-electron chi connectivity index (χ4n) is 1.82. The normalized spacial score (nSPS) is 11.7. The Hall–Kier alpha value is -1.11. The number of nitrogen functional groups attached to an aromatic ring is 1. The van der Waals surface area contributed by atoms with Crippen molar-refractivity contribution in [3.63, 3.8) is 0 Å². The van der Waals surface area contributed by atoms with Crippen molar-refractivity contribution in [1.82, 2.24) is 4.72 Å². The molecule has 0 aromatic heterocycles. The molecule has 0 fully saturated rings. The van der Waals surface area contributed by atoms with E-state index in [1.54, 1.807) is 12.1 Å². The molecule has 1 rings (SSSR count). The Balaban J connectivity index is 2.62. The van der Waals surface area contributed by atoms with Crippen LogP contribution in [0.15, 0.2) is 23.1 Å². The first-order chi connectivity index (χ1) is 9.51. The molecule has 0 bridgehead atoms. The molecule has 114 valence electrons. The summed E-state index contributed by atoms with van der Waals surface area (Å²) in [5.74, 6) is 0. The number of ether oxygens (including phenoxy) is 1. The van der Waals surface area contributed by atoms with Gasteiger partial charge >= 0.3 is 0 Å². The minimum atomic E-state index is -3.50. The zero-order valence-electron chi connectivity index (χ0n) is 12.2. The third-order valence-electron chi connectivity index (χ3n) is 2.87. The SMILES string of the molecule is CCCOCCCNS(=O)(=O)c1cc(N)ccc1CC. The van der Waals surface area contributed by atoms with E-state index in [0.29, 0.717) is 38.3 Å². The van der Waals surface area contributed by atoms with Crippen LogP contribution in [-0.4, -0.2) is 28.2 Å². The highest BCUT2D eigenvalue weighted by molar-refractivity contribution is 7.89. The van der Waals surface area contributed by atoms with Gasteiger partial charge in [0, 0.05) is 25.4 Å². The first kappa shape index (κ1) is 16.9. The second-order valence-electron chi connectivity index (χ2n) is 4.58. The lowest BCUT2D eigenvalue weighted by Gasteiger charge is -2.11. The lowest BCUT2D eigenvalue weighted by atomic mass is 10.1. The summed E-state index contributed by atoms with van der Waals surface area (Å²) in [5, 5.41) is 0. The van der Waals surface area contributed by atoms with E-state index < -0.39 is 10.0 Å². The molecule has 0 saturated heterocycles. The molecule has 1 aromatic rings. The van der Waals surface area contributed by atoms with Crippen molar-refractivity contribution in [2.24, 2.45) is 0 Å². The van der Waals surface area contributed by atoms with E-state index >= 15 is 0 Å². The first-order valence-corrected chi connectivity index (χ1v) is 8.45. The van der Waals surface area contributed by atoms with Crippen molar-refractivity contribution in [3.8, 4) is 0 Å². The largest absolute Gasteiger partial charge is 0.399 e. The summed E-state index contributed by atoms with van der Waals surface area (Å²) in [6, 6.07) is 4.99. The van der Waals surface area contributed by atoms with E-state index in [0.717, 1.165) is 12.0 Å². The van der Waals surface area contributed by atoms with Gasteiger partial charge in [0.1, 0.15) is 0 Å². The zero-order chi connectivity index (χ0) is 15.0. The lowest BCUT2D eigenvalue weighted by Crippen LogP contribution is -2.26. The molecule has 0 heterocycles. The van der Waals surface area contributed by atoms with Crippen LogP contribution in [0.5, 0.6) is 0 Å². The maximum Gasteiger partial charge on any atom is 0.240 e. The van der Waals surface area contributed by atoms with Crippen molar-refractivity contribution in [2.45, 2.75) is 38.0 Å². The van der Waals surface area contributed by atoms with Crippen LogP contribution in [0.25, 0.3) is 0 Å². The Labute approximate surface area is 121 Å². The molecule has 0 atom stereocenters. The molecule has 1 aromatic carbocycles. The molecule has 0 amide bonds. The second kappa shape index (κ2) is 8.24. The van der Waals surface area contributed by atoms with Crippen LogP contribution in [0.4, 0.5) is 5.69 Å². The Morgan fingerprint density at radius 2 is 2.00 bits per heavy atom. The maximum atomic E-state index is 12.2. The third kappa shape index (κ3) is 5.11. The Bertz CT molecular complexity index is 515. The lowest BCUT2D eigenvalue weighted by molar-refractivity contribution is 0.133. The quantitative estimate of drug-likeness (QED) is 0.539. The average Bonchev–Trinajstić information content (AvgIpc) is 2.42. The predicted octanol–water partition coefficient (Wildman–Crippen LogP) is 1.93. The minimum Gasteiger partial charge on any atom is -0.399 e. The van der Waals surface area contributed by atoms with Gasteiger partial charge in [0.25, 0.3) is 0 Å². The number of sulfonamides is 1. The van der Waals surface area contributed by atoms with Gasteiger partial charge in [-0.2, -0.15) is 0 Å². The van der Waals surface area contributed by atoms with E-state index in [-0.39, 0.29) is 4.90 Å². The van der Waals surface area contributed by atoms with Crippen LogP contribution < -0.4 is 10.5 Å². The summed E-state index contributed by atoms with van der Waals surface area (Å²) in [6.07, 6.45) is 2.27. The van der Waals surface area contributed by atoms with E-state index in [9.17, 15) is 8.42 Å². The number of aryl methyl sites for hydroxylation is 1. The fraction of sp³-hybridized carbons (Fsp3) is 0.571. The number of hydrogen-bond donors (Lipinski definition) is 2. The Morgan fingerprint density at radius 3 is 2.65 bits per heavy atom. The molecule has 6 heteroatoms. The molecule has 0 saturated carbocycles. The Kier molecular flexibility index (Phi) is 6.98. The standard InChI is InChI=1S/C14H24N2O3S/c1-3-9-19-10-5-8-16-20(17,18)14-11-13(15)7-6-12(14)4-2/h6-7,11,16H,3-5,8-10,15H2,1-2H3. The fourth-order valence-corrected chi connectivity index (χ4v) is 3.24. The molecular weight excluding hydrogens is 276 g/mol. The molecule has 0 aliphatic rings. The summed E-state index contributed by atoms with van der Waals surface area (Å²) in [5.41, 5.74) is 6.90. The predicted molar refractivity (Wildman–Crippen MR) is 81.1 cm³/mol. The van der Waals surface area contributed by atoms with Crippen LogP contribution in [0.3, 0.4) is 0 Å². The molecular formula is C14H24N2O3S. The van der Waals surface area contributed by atoms with Crippen molar-refractivity contribution in [1.29, 1.82) is 0 Å². The van der Waals surface area contributed by atoms with Gasteiger partial charge in [-0.25, -0.2) is 13.1 Å². The molecule has 0 radical (unpaired) electrons. The number of nitrogens with one attached hydrogen (secondary N) is 1. The highest BCUT2D eigenvalue weighted by Gasteiger charge is 2.17. The number of hydrogen-bond acceptors (Lipinski definition) is 4.